The van der Waals surface area contributed by atoms with Gasteiger partial charge >= 0.3 is 24.2 Å². The molecule has 0 unspecified atom stereocenters. The van der Waals surface area contributed by atoms with Gasteiger partial charge in [-0.1, -0.05) is 71.9 Å². The number of nitrogens with one attached hydrogen (secondary N) is 2. The lowest BCUT2D eigenvalue weighted by molar-refractivity contribution is -0.192. The second kappa shape index (κ2) is 13.9. The number of amides is 1. The Morgan fingerprint density at radius 3 is 1.80 bits per heavy atom. The molecule has 0 spiro atoms. The summed E-state index contributed by atoms with van der Waals surface area (Å²) in [6.07, 6.45) is -4.38. The van der Waals surface area contributed by atoms with E-state index in [1.807, 2.05) is 51.1 Å². The van der Waals surface area contributed by atoms with Gasteiger partial charge in [0, 0.05) is 12.6 Å². The Labute approximate surface area is 204 Å². The highest BCUT2D eigenvalue weighted by Gasteiger charge is 2.38. The van der Waals surface area contributed by atoms with E-state index in [1.165, 1.54) is 0 Å². The van der Waals surface area contributed by atoms with E-state index >= 15 is 0 Å². The molecule has 0 aliphatic carbocycles. The highest BCUT2D eigenvalue weighted by Crippen LogP contribution is 2.23. The lowest BCUT2D eigenvalue weighted by atomic mass is 9.86. The van der Waals surface area contributed by atoms with Crippen molar-refractivity contribution in [2.24, 2.45) is 10.8 Å². The maximum absolute atomic E-state index is 12.2. The number of hydrogen-bond donors (Lipinski definition) is 4. The Morgan fingerprint density at radius 2 is 1.40 bits per heavy atom. The lowest BCUT2D eigenvalue weighted by Gasteiger charge is -2.29. The Hall–Kier alpha value is -2.82. The van der Waals surface area contributed by atoms with E-state index in [2.05, 4.69) is 31.4 Å². The SMILES string of the molecule is CC(C)(C)C[C@H](CN[C@@H](CC(C)(C)C)C(=O)O)NC(=O)OCc1ccccc1.O=C(O)C(F)(F)F. The van der Waals surface area contributed by atoms with E-state index in [9.17, 15) is 27.9 Å². The fourth-order valence-corrected chi connectivity index (χ4v) is 2.99. The van der Waals surface area contributed by atoms with Gasteiger partial charge in [-0.2, -0.15) is 13.2 Å². The molecule has 0 saturated heterocycles. The number of carbonyl (C=O) groups excluding carboxylic acids is 1. The molecule has 0 radical (unpaired) electrons. The van der Waals surface area contributed by atoms with Crippen molar-refractivity contribution in [2.75, 3.05) is 6.54 Å². The molecule has 0 aliphatic rings. The first kappa shape index (κ1) is 32.2. The number of halogens is 3. The monoisotopic (exact) mass is 506 g/mol. The molecule has 0 saturated carbocycles. The van der Waals surface area contributed by atoms with Crippen LogP contribution in [0.15, 0.2) is 30.3 Å². The topological polar surface area (TPSA) is 125 Å². The van der Waals surface area contributed by atoms with Crippen molar-refractivity contribution in [2.45, 2.75) is 79.3 Å². The summed E-state index contributed by atoms with van der Waals surface area (Å²) >= 11 is 0. The minimum Gasteiger partial charge on any atom is -0.480 e. The van der Waals surface area contributed by atoms with Crippen LogP contribution in [0.2, 0.25) is 0 Å². The van der Waals surface area contributed by atoms with Crippen LogP contribution >= 0.6 is 0 Å². The van der Waals surface area contributed by atoms with E-state index in [4.69, 9.17) is 14.6 Å². The van der Waals surface area contributed by atoms with Gasteiger partial charge in [0.15, 0.2) is 0 Å². The van der Waals surface area contributed by atoms with Crippen LogP contribution in [-0.2, 0) is 20.9 Å². The second-order valence-electron chi connectivity index (χ2n) is 10.5. The van der Waals surface area contributed by atoms with Crippen LogP contribution in [0.25, 0.3) is 0 Å². The minimum absolute atomic E-state index is 0.0260. The molecule has 1 amide bonds. The average Bonchev–Trinajstić information content (AvgIpc) is 2.67. The summed E-state index contributed by atoms with van der Waals surface area (Å²) in [5, 5.41) is 22.6. The summed E-state index contributed by atoms with van der Waals surface area (Å²) in [6, 6.07) is 8.59. The number of carbonyl (C=O) groups is 3. The van der Waals surface area contributed by atoms with Crippen LogP contribution in [0.4, 0.5) is 18.0 Å². The number of rotatable bonds is 9. The maximum atomic E-state index is 12.2. The second-order valence-corrected chi connectivity index (χ2v) is 10.5. The van der Waals surface area contributed by atoms with Crippen LogP contribution in [0, 0.1) is 10.8 Å². The summed E-state index contributed by atoms with van der Waals surface area (Å²) in [4.78, 5) is 32.7. The summed E-state index contributed by atoms with van der Waals surface area (Å²) < 4.78 is 37.0. The van der Waals surface area contributed by atoms with Crippen LogP contribution in [0.3, 0.4) is 0 Å². The largest absolute Gasteiger partial charge is 0.490 e. The van der Waals surface area contributed by atoms with Crippen LogP contribution in [0.5, 0.6) is 0 Å². The molecule has 0 aromatic heterocycles. The average molecular weight is 507 g/mol. The summed E-state index contributed by atoms with van der Waals surface area (Å²) in [5.41, 5.74) is 0.777. The molecule has 2 atom stereocenters. The molecular weight excluding hydrogens is 469 g/mol. The first-order valence-electron chi connectivity index (χ1n) is 11.0. The number of carboxylic acid groups (broad SMARTS) is 2. The van der Waals surface area contributed by atoms with Crippen molar-refractivity contribution in [1.29, 1.82) is 0 Å². The molecule has 1 rings (SSSR count). The van der Waals surface area contributed by atoms with Crippen LogP contribution < -0.4 is 10.6 Å². The lowest BCUT2D eigenvalue weighted by Crippen LogP contribution is -2.49. The molecule has 11 heteroatoms. The zero-order chi connectivity index (χ0) is 27.4. The van der Waals surface area contributed by atoms with E-state index in [1.54, 1.807) is 0 Å². The Kier molecular flexibility index (Phi) is 12.8. The molecule has 0 heterocycles. The first-order chi connectivity index (χ1) is 15.8. The van der Waals surface area contributed by atoms with Gasteiger partial charge in [-0.3, -0.25) is 4.79 Å². The van der Waals surface area contributed by atoms with Gasteiger partial charge in [-0.25, -0.2) is 9.59 Å². The standard InChI is InChI=1S/C22H36N2O4.C2HF3O2/c1-21(2,3)12-17(14-23-18(19(25)26)13-22(4,5)6)24-20(27)28-15-16-10-8-7-9-11-16;3-2(4,5)1(6)7/h7-11,17-18,23H,12-15H2,1-6H3,(H,24,27)(H,25,26);(H,6,7)/t17-,18+;/m1./s1. The number of hydrogen-bond acceptors (Lipinski definition) is 5. The van der Waals surface area contributed by atoms with Crippen molar-refractivity contribution in [3.05, 3.63) is 35.9 Å². The van der Waals surface area contributed by atoms with Crippen LogP contribution in [0.1, 0.15) is 59.9 Å². The van der Waals surface area contributed by atoms with Crippen molar-refractivity contribution in [1.82, 2.24) is 10.6 Å². The van der Waals surface area contributed by atoms with Gasteiger partial charge in [0.2, 0.25) is 0 Å². The van der Waals surface area contributed by atoms with Crippen molar-refractivity contribution < 1.29 is 42.5 Å². The zero-order valence-corrected chi connectivity index (χ0v) is 21.0. The maximum Gasteiger partial charge on any atom is 0.490 e. The van der Waals surface area contributed by atoms with E-state index < -0.39 is 30.2 Å². The number of alkyl carbamates (subject to hydrolysis) is 1. The van der Waals surface area contributed by atoms with Crippen molar-refractivity contribution in [3.63, 3.8) is 0 Å². The number of alkyl halides is 3. The number of benzene rings is 1. The van der Waals surface area contributed by atoms with E-state index in [0.717, 1.165) is 5.56 Å². The number of carboxylic acids is 2. The summed E-state index contributed by atoms with van der Waals surface area (Å²) in [6.45, 7) is 12.8. The Bertz CT molecular complexity index is 802. The smallest absolute Gasteiger partial charge is 0.480 e. The van der Waals surface area contributed by atoms with Crippen molar-refractivity contribution in [3.8, 4) is 0 Å². The molecule has 0 bridgehead atoms. The molecule has 8 nitrogen and oxygen atoms in total. The zero-order valence-electron chi connectivity index (χ0n) is 21.0. The van der Waals surface area contributed by atoms with Gasteiger partial charge < -0.3 is 25.6 Å². The molecule has 0 aliphatic heterocycles. The van der Waals surface area contributed by atoms with Gasteiger partial charge in [-0.15, -0.1) is 0 Å². The first-order valence-corrected chi connectivity index (χ1v) is 11.0. The highest BCUT2D eigenvalue weighted by atomic mass is 19.4. The Morgan fingerprint density at radius 1 is 0.914 bits per heavy atom. The van der Waals surface area contributed by atoms with Gasteiger partial charge in [0.25, 0.3) is 0 Å². The van der Waals surface area contributed by atoms with Crippen LogP contribution in [-0.4, -0.2) is 53.0 Å². The third kappa shape index (κ3) is 17.3. The molecular formula is C24H37F3N2O6. The quantitative estimate of drug-likeness (QED) is 0.378. The molecule has 1 aromatic rings. The fraction of sp³-hybridized carbons (Fsp3) is 0.625. The number of ether oxygens (including phenoxy) is 1. The fourth-order valence-electron chi connectivity index (χ4n) is 2.99. The van der Waals surface area contributed by atoms with Gasteiger partial charge in [0.05, 0.1) is 0 Å². The minimum atomic E-state index is -5.08. The highest BCUT2D eigenvalue weighted by molar-refractivity contribution is 5.73. The molecule has 35 heavy (non-hydrogen) atoms. The van der Waals surface area contributed by atoms with Crippen molar-refractivity contribution >= 4 is 18.0 Å². The molecule has 0 fully saturated rings. The predicted molar refractivity (Wildman–Crippen MR) is 125 cm³/mol. The number of aliphatic carboxylic acids is 2. The normalized spacial score (nSPS) is 13.6. The third-order valence-corrected chi connectivity index (χ3v) is 4.36. The predicted octanol–water partition coefficient (Wildman–Crippen LogP) is 4.83. The van der Waals surface area contributed by atoms with Gasteiger partial charge in [-0.05, 0) is 29.2 Å². The molecule has 1 aromatic carbocycles. The van der Waals surface area contributed by atoms with Gasteiger partial charge in [0.1, 0.15) is 12.6 Å². The van der Waals surface area contributed by atoms with E-state index in [0.29, 0.717) is 19.4 Å². The summed E-state index contributed by atoms with van der Waals surface area (Å²) in [7, 11) is 0. The summed E-state index contributed by atoms with van der Waals surface area (Å²) in [5.74, 6) is -3.64. The molecule has 200 valence electrons. The molecule has 4 N–H and O–H groups in total. The Balaban J connectivity index is 0.00000143. The third-order valence-electron chi connectivity index (χ3n) is 4.36. The van der Waals surface area contributed by atoms with E-state index in [-0.39, 0.29) is 23.5 Å².